The molecule has 2 aliphatic rings. The van der Waals surface area contributed by atoms with Gasteiger partial charge in [0.25, 0.3) is 0 Å². The van der Waals surface area contributed by atoms with Gasteiger partial charge in [-0.05, 0) is 83.2 Å². The van der Waals surface area contributed by atoms with E-state index >= 15 is 4.39 Å². The molecule has 0 radical (unpaired) electrons. The molecule has 1 atom stereocenters. The van der Waals surface area contributed by atoms with Crippen LogP contribution in [-0.2, 0) is 5.60 Å². The van der Waals surface area contributed by atoms with Crippen molar-refractivity contribution in [1.29, 1.82) is 0 Å². The molecule has 0 N–H and O–H groups in total. The number of hydrogen-bond donors (Lipinski definition) is 0. The molecule has 7 rings (SSSR count). The molecule has 1 fully saturated rings. The van der Waals surface area contributed by atoms with Crippen molar-refractivity contribution in [2.75, 3.05) is 38.1 Å². The maximum Gasteiger partial charge on any atom is 0.180 e. The fraction of sp³-hybridized carbons (Fsp3) is 0.176. The first-order valence-electron chi connectivity index (χ1n) is 13.3. The summed E-state index contributed by atoms with van der Waals surface area (Å²) in [6.07, 6.45) is 4.12. The van der Waals surface area contributed by atoms with E-state index < -0.39 is 5.60 Å². The van der Waals surface area contributed by atoms with Crippen LogP contribution in [0, 0.1) is 5.82 Å². The van der Waals surface area contributed by atoms with Gasteiger partial charge < -0.3 is 14.5 Å². The van der Waals surface area contributed by atoms with Gasteiger partial charge in [0.15, 0.2) is 5.60 Å². The lowest BCUT2D eigenvalue weighted by Gasteiger charge is -2.37. The minimum absolute atomic E-state index is 0.283. The Labute approximate surface area is 236 Å². The standard InChI is InChI=1S/C34H28BrFN2O/c1-37-16-18-38(19-17-37)28-10-7-26(8-11-28)34(31-21-23-4-2-3-5-24(23)22-32(31)36)15-14-30-29-12-9-27(35)20-25(29)6-13-33(30)39-34/h2-15,20-22H,16-19H2,1H3. The average molecular weight is 580 g/mol. The molecule has 5 aromatic carbocycles. The highest BCUT2D eigenvalue weighted by molar-refractivity contribution is 9.10. The van der Waals surface area contributed by atoms with Crippen molar-refractivity contribution in [3.63, 3.8) is 0 Å². The third-order valence-electron chi connectivity index (χ3n) is 8.14. The summed E-state index contributed by atoms with van der Waals surface area (Å²) in [6, 6.07) is 30.2. The SMILES string of the molecule is CN1CCN(c2ccc(C3(c4cc5ccccc5cc4F)C=Cc4c(ccc5cc(Br)ccc45)O3)cc2)CC1. The van der Waals surface area contributed by atoms with E-state index in [0.29, 0.717) is 5.56 Å². The first-order valence-corrected chi connectivity index (χ1v) is 14.1. The summed E-state index contributed by atoms with van der Waals surface area (Å²) in [5.74, 6) is 0.456. The van der Waals surface area contributed by atoms with Gasteiger partial charge in [-0.25, -0.2) is 4.39 Å². The molecule has 39 heavy (non-hydrogen) atoms. The molecule has 0 amide bonds. The van der Waals surface area contributed by atoms with E-state index in [-0.39, 0.29) is 5.82 Å². The van der Waals surface area contributed by atoms with Crippen molar-refractivity contribution in [1.82, 2.24) is 4.90 Å². The van der Waals surface area contributed by atoms with Crippen molar-refractivity contribution in [3.05, 3.63) is 124 Å². The maximum atomic E-state index is 16.0. The van der Waals surface area contributed by atoms with E-state index in [1.165, 1.54) is 5.69 Å². The minimum atomic E-state index is -1.11. The van der Waals surface area contributed by atoms with Crippen molar-refractivity contribution in [2.45, 2.75) is 5.60 Å². The first kappa shape index (κ1) is 24.4. The van der Waals surface area contributed by atoms with Crippen LogP contribution in [0.4, 0.5) is 10.1 Å². The Hall–Kier alpha value is -3.67. The summed E-state index contributed by atoms with van der Waals surface area (Å²) in [5.41, 5.74) is 2.48. The highest BCUT2D eigenvalue weighted by Gasteiger charge is 2.40. The van der Waals surface area contributed by atoms with Crippen LogP contribution in [0.3, 0.4) is 0 Å². The summed E-state index contributed by atoms with van der Waals surface area (Å²) in [5, 5.41) is 4.08. The molecule has 3 nitrogen and oxygen atoms in total. The molecule has 0 bridgehead atoms. The quantitative estimate of drug-likeness (QED) is 0.216. The smallest absolute Gasteiger partial charge is 0.180 e. The molecule has 0 spiro atoms. The van der Waals surface area contributed by atoms with Gasteiger partial charge in [0.1, 0.15) is 11.6 Å². The lowest BCUT2D eigenvalue weighted by molar-refractivity contribution is 0.156. The van der Waals surface area contributed by atoms with Gasteiger partial charge >= 0.3 is 0 Å². The molecule has 5 heteroatoms. The molecule has 0 saturated carbocycles. The molecular formula is C34H28BrFN2O. The van der Waals surface area contributed by atoms with Crippen LogP contribution in [0.1, 0.15) is 16.7 Å². The highest BCUT2D eigenvalue weighted by atomic mass is 79.9. The second-order valence-corrected chi connectivity index (χ2v) is 11.4. The van der Waals surface area contributed by atoms with Crippen molar-refractivity contribution < 1.29 is 9.13 Å². The number of ether oxygens (including phenoxy) is 1. The first-order chi connectivity index (χ1) is 19.0. The second-order valence-electron chi connectivity index (χ2n) is 10.5. The zero-order valence-electron chi connectivity index (χ0n) is 21.7. The van der Waals surface area contributed by atoms with Crippen LogP contribution in [0.15, 0.2) is 102 Å². The van der Waals surface area contributed by atoms with Crippen molar-refractivity contribution in [3.8, 4) is 5.75 Å². The van der Waals surface area contributed by atoms with Crippen LogP contribution in [-0.4, -0.2) is 38.1 Å². The number of hydrogen-bond acceptors (Lipinski definition) is 3. The molecule has 0 aromatic heterocycles. The van der Waals surface area contributed by atoms with Gasteiger partial charge in [0, 0.05) is 53.0 Å². The third kappa shape index (κ3) is 4.21. The van der Waals surface area contributed by atoms with Crippen LogP contribution in [0.25, 0.3) is 27.6 Å². The molecule has 194 valence electrons. The monoisotopic (exact) mass is 578 g/mol. The van der Waals surface area contributed by atoms with Crippen LogP contribution in [0.2, 0.25) is 0 Å². The fourth-order valence-corrected chi connectivity index (χ4v) is 6.29. The normalized spacial score (nSPS) is 19.3. The molecule has 1 unspecified atom stereocenters. The predicted octanol–water partition coefficient (Wildman–Crippen LogP) is 8.00. The number of nitrogens with zero attached hydrogens (tertiary/aromatic N) is 2. The van der Waals surface area contributed by atoms with E-state index in [0.717, 1.165) is 69.1 Å². The Bertz CT molecular complexity index is 1740. The number of benzene rings is 5. The zero-order chi connectivity index (χ0) is 26.6. The number of rotatable bonds is 3. The fourth-order valence-electron chi connectivity index (χ4n) is 5.91. The Kier molecular flexibility index (Phi) is 5.94. The molecule has 5 aromatic rings. The Morgan fingerprint density at radius 2 is 1.54 bits per heavy atom. The van der Waals surface area contributed by atoms with E-state index in [1.54, 1.807) is 6.07 Å². The summed E-state index contributed by atoms with van der Waals surface area (Å²) in [4.78, 5) is 4.76. The topological polar surface area (TPSA) is 15.7 Å². The van der Waals surface area contributed by atoms with Gasteiger partial charge in [0.2, 0.25) is 0 Å². The summed E-state index contributed by atoms with van der Waals surface area (Å²) in [7, 11) is 2.16. The second kappa shape index (κ2) is 9.51. The number of fused-ring (bicyclic) bond motifs is 4. The molecule has 0 aliphatic carbocycles. The van der Waals surface area contributed by atoms with E-state index in [9.17, 15) is 0 Å². The van der Waals surface area contributed by atoms with Crippen molar-refractivity contribution >= 4 is 49.2 Å². The molecule has 2 heterocycles. The lowest BCUT2D eigenvalue weighted by atomic mass is 9.82. The van der Waals surface area contributed by atoms with Crippen LogP contribution < -0.4 is 9.64 Å². The van der Waals surface area contributed by atoms with Gasteiger partial charge in [0.05, 0.1) is 0 Å². The van der Waals surface area contributed by atoms with Crippen LogP contribution >= 0.6 is 15.9 Å². The number of piperazine rings is 1. The van der Waals surface area contributed by atoms with E-state index in [2.05, 4.69) is 81.3 Å². The van der Waals surface area contributed by atoms with Gasteiger partial charge in [-0.15, -0.1) is 0 Å². The summed E-state index contributed by atoms with van der Waals surface area (Å²) < 4.78 is 23.9. The van der Waals surface area contributed by atoms with E-state index in [4.69, 9.17) is 4.74 Å². The predicted molar refractivity (Wildman–Crippen MR) is 162 cm³/mol. The molecular weight excluding hydrogens is 551 g/mol. The maximum absolute atomic E-state index is 16.0. The number of halogens is 2. The van der Waals surface area contributed by atoms with Gasteiger partial charge in [-0.2, -0.15) is 0 Å². The number of anilines is 1. The summed E-state index contributed by atoms with van der Waals surface area (Å²) >= 11 is 3.58. The Morgan fingerprint density at radius 1 is 0.795 bits per heavy atom. The molecule has 2 aliphatic heterocycles. The lowest BCUT2D eigenvalue weighted by Crippen LogP contribution is -2.44. The van der Waals surface area contributed by atoms with Crippen molar-refractivity contribution in [2.24, 2.45) is 0 Å². The van der Waals surface area contributed by atoms with Gasteiger partial charge in [-0.3, -0.25) is 0 Å². The van der Waals surface area contributed by atoms with Crippen LogP contribution in [0.5, 0.6) is 5.75 Å². The average Bonchev–Trinajstić information content (AvgIpc) is 2.97. The highest BCUT2D eigenvalue weighted by Crippen LogP contribution is 2.46. The third-order valence-corrected chi connectivity index (χ3v) is 8.63. The van der Waals surface area contributed by atoms with Gasteiger partial charge in [-0.1, -0.05) is 64.5 Å². The Morgan fingerprint density at radius 3 is 2.31 bits per heavy atom. The number of likely N-dealkylation sites (N-methyl/N-ethyl adjacent to an activating group) is 1. The summed E-state index contributed by atoms with van der Waals surface area (Å²) in [6.45, 7) is 4.07. The Balaban J connectivity index is 1.38. The zero-order valence-corrected chi connectivity index (χ0v) is 23.3. The largest absolute Gasteiger partial charge is 0.473 e. The van der Waals surface area contributed by atoms with E-state index in [1.807, 2.05) is 48.5 Å². The molecule has 1 saturated heterocycles. The minimum Gasteiger partial charge on any atom is -0.473 e.